The molecule has 3 amide bonds. The van der Waals surface area contributed by atoms with Crippen LogP contribution in [0, 0.1) is 0 Å². The number of aromatic nitrogens is 3. The van der Waals surface area contributed by atoms with Crippen LogP contribution in [-0.2, 0) is 7.05 Å². The molecule has 0 aliphatic rings. The van der Waals surface area contributed by atoms with Crippen molar-refractivity contribution < 1.29 is 24.3 Å². The number of nitrogens with zero attached hydrogens (tertiary/aromatic N) is 2. The van der Waals surface area contributed by atoms with Crippen LogP contribution in [0.5, 0.6) is 0 Å². The van der Waals surface area contributed by atoms with Gasteiger partial charge in [0.1, 0.15) is 5.69 Å². The van der Waals surface area contributed by atoms with Crippen LogP contribution >= 0.6 is 15.9 Å². The van der Waals surface area contributed by atoms with Crippen molar-refractivity contribution in [3.63, 3.8) is 0 Å². The number of para-hydroxylation sites is 1. The smallest absolute Gasteiger partial charge is 0.394 e. The lowest BCUT2D eigenvalue weighted by molar-refractivity contribution is 0.0965. The fraction of sp³-hybridized carbons (Fsp3) is 0.182. The van der Waals surface area contributed by atoms with Gasteiger partial charge in [0.15, 0.2) is 5.82 Å². The van der Waals surface area contributed by atoms with Gasteiger partial charge in [-0.05, 0) is 30.3 Å². The van der Waals surface area contributed by atoms with E-state index in [4.69, 9.17) is 5.11 Å². The zero-order valence-corrected chi connectivity index (χ0v) is 19.9. The molecule has 0 bridgehead atoms. The van der Waals surface area contributed by atoms with E-state index in [1.54, 1.807) is 54.1 Å². The van der Waals surface area contributed by atoms with Crippen molar-refractivity contribution in [2.75, 3.05) is 23.8 Å². The summed E-state index contributed by atoms with van der Waals surface area (Å²) >= 11 is 3.36. The molecule has 0 saturated heterocycles. The Morgan fingerprint density at radius 2 is 2.00 bits per heavy atom. The number of carbonyl (C=O) groups excluding carboxylic acids is 2. The summed E-state index contributed by atoms with van der Waals surface area (Å²) in [7, 11) is 1.69. The lowest BCUT2D eigenvalue weighted by atomic mass is 10.1. The minimum Gasteiger partial charge on any atom is -0.394 e. The lowest BCUT2D eigenvalue weighted by Gasteiger charge is -2.13. The number of aliphatic hydroxyl groups excluding tert-OH is 2. The zero-order chi connectivity index (χ0) is 25.1. The first-order valence-corrected chi connectivity index (χ1v) is 11.2. The Hall–Kier alpha value is -3.94. The molecule has 35 heavy (non-hydrogen) atoms. The second kappa shape index (κ2) is 10.1. The van der Waals surface area contributed by atoms with Crippen LogP contribution in [0.25, 0.3) is 22.3 Å². The molecule has 1 unspecified atom stereocenters. The van der Waals surface area contributed by atoms with E-state index in [0.717, 1.165) is 0 Å². The van der Waals surface area contributed by atoms with Gasteiger partial charge >= 0.3 is 11.8 Å². The number of hydrogen-bond acceptors (Lipinski definition) is 7. The minimum atomic E-state index is -1.07. The fourth-order valence-corrected chi connectivity index (χ4v) is 3.89. The Morgan fingerprint density at radius 3 is 2.71 bits per heavy atom. The molecule has 1 atom stereocenters. The largest absolute Gasteiger partial charge is 0.439 e. The molecule has 0 aliphatic carbocycles. The molecule has 2 heterocycles. The maximum Gasteiger partial charge on any atom is 0.439 e. The van der Waals surface area contributed by atoms with E-state index in [0.29, 0.717) is 38.0 Å². The van der Waals surface area contributed by atoms with E-state index in [9.17, 15) is 19.5 Å². The van der Waals surface area contributed by atoms with E-state index in [1.165, 1.54) is 0 Å². The van der Waals surface area contributed by atoms with E-state index in [2.05, 4.69) is 46.5 Å². The molecule has 2 aromatic carbocycles. The first kappa shape index (κ1) is 24.2. The molecule has 4 aromatic rings. The van der Waals surface area contributed by atoms with Crippen molar-refractivity contribution >= 4 is 50.1 Å². The molecule has 0 spiro atoms. The quantitative estimate of drug-likeness (QED) is 0.206. The second-order valence-electron chi connectivity index (χ2n) is 7.59. The number of carbonyl (C=O) groups is 2. The molecule has 182 valence electrons. The average Bonchev–Trinajstić information content (AvgIpc) is 3.42. The van der Waals surface area contributed by atoms with Crippen LogP contribution in [0.4, 0.5) is 16.2 Å². The summed E-state index contributed by atoms with van der Waals surface area (Å²) in [5, 5.41) is 30.7. The summed E-state index contributed by atoms with van der Waals surface area (Å²) in [6, 6.07) is 11.4. The number of H-pyrrole nitrogens is 1. The number of fused-ring (bicyclic) bond motifs is 1. The molecular formula is C22H21BrN6O6. The SMILES string of the molecule is Cn1c(C(=O)Nc2ccc(Br)cc2-c2noc(=O)[nH]2)cc2cccc(NC(=O)NCC(O)CO)c21. The highest BCUT2D eigenvalue weighted by Crippen LogP contribution is 2.30. The predicted molar refractivity (Wildman–Crippen MR) is 131 cm³/mol. The number of benzene rings is 2. The van der Waals surface area contributed by atoms with Gasteiger partial charge in [0, 0.05) is 29.0 Å². The normalized spacial score (nSPS) is 11.9. The molecular weight excluding hydrogens is 524 g/mol. The molecule has 2 aromatic heterocycles. The summed E-state index contributed by atoms with van der Waals surface area (Å²) in [4.78, 5) is 39.3. The Bertz CT molecular complexity index is 1460. The number of urea groups is 1. The molecule has 12 nitrogen and oxygen atoms in total. The van der Waals surface area contributed by atoms with Crippen molar-refractivity contribution in [2.24, 2.45) is 7.05 Å². The number of aryl methyl sites for hydroxylation is 1. The number of anilines is 2. The second-order valence-corrected chi connectivity index (χ2v) is 8.51. The van der Waals surface area contributed by atoms with Gasteiger partial charge in [-0.1, -0.05) is 33.2 Å². The molecule has 6 N–H and O–H groups in total. The van der Waals surface area contributed by atoms with Crippen molar-refractivity contribution in [1.29, 1.82) is 0 Å². The number of aliphatic hydroxyl groups is 2. The highest BCUT2D eigenvalue weighted by atomic mass is 79.9. The van der Waals surface area contributed by atoms with Crippen molar-refractivity contribution in [3.8, 4) is 11.4 Å². The van der Waals surface area contributed by atoms with Gasteiger partial charge < -0.3 is 30.7 Å². The van der Waals surface area contributed by atoms with E-state index < -0.39 is 30.4 Å². The van der Waals surface area contributed by atoms with Crippen LogP contribution in [0.1, 0.15) is 10.5 Å². The van der Waals surface area contributed by atoms with E-state index >= 15 is 0 Å². The Labute approximate surface area is 206 Å². The summed E-state index contributed by atoms with van der Waals surface area (Å²) < 4.78 is 6.93. The van der Waals surface area contributed by atoms with Crippen molar-refractivity contribution in [2.45, 2.75) is 6.10 Å². The maximum absolute atomic E-state index is 13.2. The third kappa shape index (κ3) is 5.26. The van der Waals surface area contributed by atoms with Gasteiger partial charge in [-0.25, -0.2) is 9.59 Å². The highest BCUT2D eigenvalue weighted by Gasteiger charge is 2.19. The van der Waals surface area contributed by atoms with Crippen LogP contribution in [0.2, 0.25) is 0 Å². The third-order valence-electron chi connectivity index (χ3n) is 5.17. The van der Waals surface area contributed by atoms with Gasteiger partial charge in [0.2, 0.25) is 0 Å². The summed E-state index contributed by atoms with van der Waals surface area (Å²) in [6.07, 6.45) is -1.07. The van der Waals surface area contributed by atoms with Gasteiger partial charge in [-0.2, -0.15) is 0 Å². The Kier molecular flexibility index (Phi) is 7.00. The third-order valence-corrected chi connectivity index (χ3v) is 5.66. The molecule has 0 fully saturated rings. The van der Waals surface area contributed by atoms with E-state index in [1.807, 2.05) is 0 Å². The predicted octanol–water partition coefficient (Wildman–Crippen LogP) is 2.01. The van der Waals surface area contributed by atoms with Gasteiger partial charge in [-0.15, -0.1) is 0 Å². The highest BCUT2D eigenvalue weighted by molar-refractivity contribution is 9.10. The van der Waals surface area contributed by atoms with Crippen molar-refractivity contribution in [1.82, 2.24) is 20.0 Å². The maximum atomic E-state index is 13.2. The number of nitrogens with one attached hydrogen (secondary N) is 4. The Morgan fingerprint density at radius 1 is 1.20 bits per heavy atom. The number of hydrogen-bond donors (Lipinski definition) is 6. The van der Waals surface area contributed by atoms with Crippen molar-refractivity contribution in [3.05, 3.63) is 63.2 Å². The zero-order valence-electron chi connectivity index (χ0n) is 18.3. The lowest BCUT2D eigenvalue weighted by Crippen LogP contribution is -2.36. The summed E-state index contributed by atoms with van der Waals surface area (Å²) in [6.45, 7) is -0.593. The van der Waals surface area contributed by atoms with Gasteiger partial charge in [-0.3, -0.25) is 14.3 Å². The molecule has 0 radical (unpaired) electrons. The number of aromatic amines is 1. The first-order chi connectivity index (χ1) is 16.8. The summed E-state index contributed by atoms with van der Waals surface area (Å²) in [5.74, 6) is -0.993. The average molecular weight is 545 g/mol. The standard InChI is InChI=1S/C22H21BrN6O6/c1-29-17(7-11-3-2-4-16(18(11)29)26-21(33)24-9-13(31)10-30)20(32)25-15-6-5-12(23)8-14(15)19-27-22(34)35-28-19/h2-8,13,30-31H,9-10H2,1H3,(H,25,32)(H2,24,26,33)(H,27,28,34). The fourth-order valence-electron chi connectivity index (χ4n) is 3.53. The molecule has 0 aliphatic heterocycles. The Balaban J connectivity index is 1.61. The molecule has 4 rings (SSSR count). The van der Waals surface area contributed by atoms with Crippen LogP contribution in [-0.4, -0.2) is 56.1 Å². The van der Waals surface area contributed by atoms with Gasteiger partial charge in [0.25, 0.3) is 5.91 Å². The first-order valence-electron chi connectivity index (χ1n) is 10.4. The number of halogens is 1. The van der Waals surface area contributed by atoms with Crippen LogP contribution < -0.4 is 21.7 Å². The topological polar surface area (TPSA) is 175 Å². The van der Waals surface area contributed by atoms with Crippen LogP contribution in [0.3, 0.4) is 0 Å². The minimum absolute atomic E-state index is 0.120. The monoisotopic (exact) mass is 544 g/mol. The number of amides is 3. The van der Waals surface area contributed by atoms with Gasteiger partial charge in [0.05, 0.1) is 29.6 Å². The molecule has 0 saturated carbocycles. The molecule has 13 heteroatoms. The summed E-state index contributed by atoms with van der Waals surface area (Å²) in [5.41, 5.74) is 2.21. The number of rotatable bonds is 7. The van der Waals surface area contributed by atoms with Crippen LogP contribution in [0.15, 0.2) is 56.3 Å². The van der Waals surface area contributed by atoms with E-state index in [-0.39, 0.29) is 12.4 Å².